The number of nitrogens with two attached hydrogens (primary N) is 1. The molecule has 1 aromatic carbocycles. The largest absolute Gasteiger partial charge is 0.384 e. The number of anilines is 1. The van der Waals surface area contributed by atoms with E-state index in [0.29, 0.717) is 5.92 Å². The van der Waals surface area contributed by atoms with Gasteiger partial charge in [0.15, 0.2) is 0 Å². The van der Waals surface area contributed by atoms with Crippen molar-refractivity contribution >= 4 is 21.6 Å². The predicted octanol–water partition coefficient (Wildman–Crippen LogP) is 2.70. The number of hydrogen-bond acceptors (Lipinski definition) is 2. The van der Waals surface area contributed by atoms with Gasteiger partial charge >= 0.3 is 0 Å². The number of halogens is 1. The van der Waals surface area contributed by atoms with Gasteiger partial charge in [-0.15, -0.1) is 0 Å². The minimum Gasteiger partial charge on any atom is -0.384 e. The molecular formula is C11H15BrN2. The molecule has 0 aromatic heterocycles. The molecule has 1 aliphatic heterocycles. The van der Waals surface area contributed by atoms with Gasteiger partial charge in [0.05, 0.1) is 0 Å². The van der Waals surface area contributed by atoms with Gasteiger partial charge in [0.1, 0.15) is 0 Å². The topological polar surface area (TPSA) is 38.0 Å². The van der Waals surface area contributed by atoms with E-state index in [2.05, 4.69) is 46.4 Å². The van der Waals surface area contributed by atoms with Crippen LogP contribution < -0.4 is 11.1 Å². The summed E-state index contributed by atoms with van der Waals surface area (Å²) in [6, 6.07) is 6.55. The second-order valence-corrected chi connectivity index (χ2v) is 4.85. The highest BCUT2D eigenvalue weighted by molar-refractivity contribution is 9.10. The molecule has 0 saturated carbocycles. The Kier molecular flexibility index (Phi) is 2.79. The van der Waals surface area contributed by atoms with Gasteiger partial charge in [0.2, 0.25) is 0 Å². The third kappa shape index (κ3) is 1.79. The molecule has 0 spiro atoms. The Morgan fingerprint density at radius 1 is 1.64 bits per heavy atom. The fourth-order valence-corrected chi connectivity index (χ4v) is 2.78. The molecule has 0 radical (unpaired) electrons. The SMILES string of the molecule is CC(N)CC1CNc2cccc(Br)c21. The van der Waals surface area contributed by atoms with Crippen molar-refractivity contribution in [1.29, 1.82) is 0 Å². The Hall–Kier alpha value is -0.540. The highest BCUT2D eigenvalue weighted by atomic mass is 79.9. The van der Waals surface area contributed by atoms with E-state index in [-0.39, 0.29) is 6.04 Å². The van der Waals surface area contributed by atoms with E-state index < -0.39 is 0 Å². The number of fused-ring (bicyclic) bond motifs is 1. The lowest BCUT2D eigenvalue weighted by molar-refractivity contribution is 0.583. The van der Waals surface area contributed by atoms with Gasteiger partial charge in [-0.3, -0.25) is 0 Å². The first kappa shape index (κ1) is 9.99. The number of hydrogen-bond donors (Lipinski definition) is 2. The molecule has 1 aromatic rings. The molecule has 2 atom stereocenters. The fourth-order valence-electron chi connectivity index (χ4n) is 2.09. The van der Waals surface area contributed by atoms with Crippen LogP contribution >= 0.6 is 15.9 Å². The molecule has 0 fully saturated rings. The van der Waals surface area contributed by atoms with Crippen molar-refractivity contribution in [3.63, 3.8) is 0 Å². The average Bonchev–Trinajstić information content (AvgIpc) is 2.49. The quantitative estimate of drug-likeness (QED) is 0.852. The summed E-state index contributed by atoms with van der Waals surface area (Å²) in [5.41, 5.74) is 8.48. The lowest BCUT2D eigenvalue weighted by atomic mass is 9.95. The van der Waals surface area contributed by atoms with Crippen LogP contribution in [0.15, 0.2) is 22.7 Å². The van der Waals surface area contributed by atoms with Gasteiger partial charge < -0.3 is 11.1 Å². The van der Waals surface area contributed by atoms with Crippen LogP contribution in [-0.4, -0.2) is 12.6 Å². The van der Waals surface area contributed by atoms with Crippen LogP contribution in [0.3, 0.4) is 0 Å². The first-order valence-corrected chi connectivity index (χ1v) is 5.75. The van der Waals surface area contributed by atoms with E-state index in [4.69, 9.17) is 5.73 Å². The van der Waals surface area contributed by atoms with E-state index in [1.165, 1.54) is 15.7 Å². The van der Waals surface area contributed by atoms with Crippen LogP contribution in [0.5, 0.6) is 0 Å². The van der Waals surface area contributed by atoms with Crippen molar-refractivity contribution in [3.8, 4) is 0 Å². The van der Waals surface area contributed by atoms with Crippen molar-refractivity contribution in [2.45, 2.75) is 25.3 Å². The Morgan fingerprint density at radius 3 is 3.14 bits per heavy atom. The molecule has 1 aliphatic rings. The summed E-state index contributed by atoms with van der Waals surface area (Å²) in [6.07, 6.45) is 1.04. The monoisotopic (exact) mass is 254 g/mol. The number of rotatable bonds is 2. The first-order valence-electron chi connectivity index (χ1n) is 4.96. The first-order chi connectivity index (χ1) is 6.68. The van der Waals surface area contributed by atoms with Crippen molar-refractivity contribution < 1.29 is 0 Å². The Morgan fingerprint density at radius 2 is 2.43 bits per heavy atom. The molecule has 2 nitrogen and oxygen atoms in total. The molecule has 3 heteroatoms. The molecule has 2 unspecified atom stereocenters. The minimum atomic E-state index is 0.264. The van der Waals surface area contributed by atoms with Crippen LogP contribution in [0.1, 0.15) is 24.8 Å². The maximum absolute atomic E-state index is 5.84. The van der Waals surface area contributed by atoms with E-state index >= 15 is 0 Å². The van der Waals surface area contributed by atoms with Gasteiger partial charge in [0.25, 0.3) is 0 Å². The molecule has 76 valence electrons. The van der Waals surface area contributed by atoms with Gasteiger partial charge in [-0.2, -0.15) is 0 Å². The molecule has 0 amide bonds. The van der Waals surface area contributed by atoms with Crippen LogP contribution in [0, 0.1) is 0 Å². The Balaban J connectivity index is 2.29. The zero-order valence-corrected chi connectivity index (χ0v) is 9.84. The summed E-state index contributed by atoms with van der Waals surface area (Å²) < 4.78 is 1.20. The zero-order chi connectivity index (χ0) is 10.1. The van der Waals surface area contributed by atoms with Crippen molar-refractivity contribution in [3.05, 3.63) is 28.2 Å². The van der Waals surface area contributed by atoms with E-state index in [1.807, 2.05) is 0 Å². The molecule has 2 rings (SSSR count). The summed E-state index contributed by atoms with van der Waals surface area (Å²) in [5, 5.41) is 3.41. The van der Waals surface area contributed by atoms with Crippen molar-refractivity contribution in [2.75, 3.05) is 11.9 Å². The van der Waals surface area contributed by atoms with Gasteiger partial charge in [-0.05, 0) is 31.0 Å². The summed E-state index contributed by atoms with van der Waals surface area (Å²) >= 11 is 3.60. The lowest BCUT2D eigenvalue weighted by Gasteiger charge is -2.13. The Labute approximate surface area is 93.0 Å². The van der Waals surface area contributed by atoms with Crippen LogP contribution in [0.25, 0.3) is 0 Å². The zero-order valence-electron chi connectivity index (χ0n) is 8.26. The number of benzene rings is 1. The molecule has 0 bridgehead atoms. The van der Waals surface area contributed by atoms with Gasteiger partial charge in [-0.1, -0.05) is 22.0 Å². The van der Waals surface area contributed by atoms with Crippen LogP contribution in [0.2, 0.25) is 0 Å². The highest BCUT2D eigenvalue weighted by Gasteiger charge is 2.24. The van der Waals surface area contributed by atoms with Crippen LogP contribution in [0.4, 0.5) is 5.69 Å². The van der Waals surface area contributed by atoms with Gasteiger partial charge in [0, 0.05) is 28.7 Å². The smallest absolute Gasteiger partial charge is 0.0387 e. The second kappa shape index (κ2) is 3.91. The van der Waals surface area contributed by atoms with Crippen molar-refractivity contribution in [1.82, 2.24) is 0 Å². The molecule has 14 heavy (non-hydrogen) atoms. The van der Waals surface area contributed by atoms with E-state index in [1.54, 1.807) is 0 Å². The molecule has 0 aliphatic carbocycles. The molecular weight excluding hydrogens is 240 g/mol. The van der Waals surface area contributed by atoms with Gasteiger partial charge in [-0.25, -0.2) is 0 Å². The number of nitrogens with one attached hydrogen (secondary N) is 1. The Bertz CT molecular complexity index is 336. The average molecular weight is 255 g/mol. The highest BCUT2D eigenvalue weighted by Crippen LogP contribution is 2.38. The van der Waals surface area contributed by atoms with Crippen LogP contribution in [-0.2, 0) is 0 Å². The standard InChI is InChI=1S/C11H15BrN2/c1-7(13)5-8-6-14-10-4-2-3-9(12)11(8)10/h2-4,7-8,14H,5-6,13H2,1H3. The van der Waals surface area contributed by atoms with Crippen molar-refractivity contribution in [2.24, 2.45) is 5.73 Å². The molecule has 0 saturated heterocycles. The van der Waals surface area contributed by atoms with E-state index in [9.17, 15) is 0 Å². The third-order valence-corrected chi connectivity index (χ3v) is 3.35. The second-order valence-electron chi connectivity index (χ2n) is 3.99. The third-order valence-electron chi connectivity index (χ3n) is 2.66. The summed E-state index contributed by atoms with van der Waals surface area (Å²) in [7, 11) is 0. The minimum absolute atomic E-state index is 0.264. The van der Waals surface area contributed by atoms with E-state index in [0.717, 1.165) is 13.0 Å². The maximum Gasteiger partial charge on any atom is 0.0387 e. The summed E-state index contributed by atoms with van der Waals surface area (Å²) in [4.78, 5) is 0. The predicted molar refractivity (Wildman–Crippen MR) is 63.6 cm³/mol. The summed E-state index contributed by atoms with van der Waals surface area (Å²) in [5.74, 6) is 0.556. The summed E-state index contributed by atoms with van der Waals surface area (Å²) in [6.45, 7) is 3.08. The molecule has 3 N–H and O–H groups in total. The normalized spacial score (nSPS) is 21.5. The molecule has 1 heterocycles. The lowest BCUT2D eigenvalue weighted by Crippen LogP contribution is -2.19. The fraction of sp³-hybridized carbons (Fsp3) is 0.455. The maximum atomic E-state index is 5.84.